The average molecular weight is 481 g/mol. The van der Waals surface area contributed by atoms with E-state index in [1.165, 1.54) is 9.80 Å². The number of nitrogens with zero attached hydrogens (tertiary/aromatic N) is 4. The molecule has 14 heteroatoms. The number of nitrogens with one attached hydrogen (secondary N) is 1. The minimum Gasteiger partial charge on any atom is -0.310 e. The lowest BCUT2D eigenvalue weighted by molar-refractivity contribution is -0.141. The second kappa shape index (κ2) is 8.56. The fraction of sp³-hybridized carbons (Fsp3) is 0.444. The van der Waals surface area contributed by atoms with Gasteiger partial charge in [-0.3, -0.25) is 9.69 Å². The highest BCUT2D eigenvalue weighted by Crippen LogP contribution is 2.33. The predicted molar refractivity (Wildman–Crippen MR) is 103 cm³/mol. The van der Waals surface area contributed by atoms with E-state index in [1.807, 2.05) is 0 Å². The van der Waals surface area contributed by atoms with Crippen molar-refractivity contribution in [3.63, 3.8) is 0 Å². The van der Waals surface area contributed by atoms with E-state index in [2.05, 4.69) is 15.3 Å². The zero-order valence-electron chi connectivity index (χ0n) is 16.7. The molecule has 32 heavy (non-hydrogen) atoms. The van der Waals surface area contributed by atoms with E-state index in [0.717, 1.165) is 23.7 Å². The van der Waals surface area contributed by atoms with Crippen LogP contribution in [0.25, 0.3) is 0 Å². The molecular formula is C18H17F6N5O2S. The lowest BCUT2D eigenvalue weighted by Crippen LogP contribution is -2.42. The van der Waals surface area contributed by atoms with Crippen molar-refractivity contribution in [2.24, 2.45) is 5.92 Å². The molecule has 1 fully saturated rings. The van der Waals surface area contributed by atoms with E-state index in [1.54, 1.807) is 13.8 Å². The molecule has 1 aliphatic rings. The van der Waals surface area contributed by atoms with E-state index < -0.39 is 48.3 Å². The number of amides is 3. The Bertz CT molecular complexity index is 989. The second-order valence-corrected chi connectivity index (χ2v) is 8.17. The number of halogens is 6. The van der Waals surface area contributed by atoms with Gasteiger partial charge in [-0.1, -0.05) is 13.8 Å². The maximum atomic E-state index is 12.9. The van der Waals surface area contributed by atoms with Crippen molar-refractivity contribution in [1.82, 2.24) is 14.9 Å². The molecular weight excluding hydrogens is 464 g/mol. The largest absolute Gasteiger partial charge is 0.434 e. The van der Waals surface area contributed by atoms with Gasteiger partial charge in [0.15, 0.2) is 10.8 Å². The Morgan fingerprint density at radius 1 is 1.19 bits per heavy atom. The molecule has 0 radical (unpaired) electrons. The van der Waals surface area contributed by atoms with Crippen LogP contribution in [0, 0.1) is 5.92 Å². The Balaban J connectivity index is 1.73. The first kappa shape index (κ1) is 23.8. The highest BCUT2D eigenvalue weighted by Gasteiger charge is 2.41. The van der Waals surface area contributed by atoms with Crippen molar-refractivity contribution in [2.75, 3.05) is 23.3 Å². The molecule has 174 valence electrons. The van der Waals surface area contributed by atoms with Crippen molar-refractivity contribution in [2.45, 2.75) is 32.2 Å². The Morgan fingerprint density at radius 2 is 1.84 bits per heavy atom. The first-order valence-electron chi connectivity index (χ1n) is 9.21. The Morgan fingerprint density at radius 3 is 2.34 bits per heavy atom. The molecule has 1 atom stereocenters. The number of carbonyl (C=O) groups excluding carboxylic acids is 2. The van der Waals surface area contributed by atoms with Crippen LogP contribution in [0.15, 0.2) is 23.7 Å². The molecule has 2 aromatic heterocycles. The molecule has 3 amide bonds. The fourth-order valence-corrected chi connectivity index (χ4v) is 3.85. The van der Waals surface area contributed by atoms with Gasteiger partial charge in [-0.25, -0.2) is 14.8 Å². The molecule has 1 aliphatic heterocycles. The van der Waals surface area contributed by atoms with Crippen molar-refractivity contribution < 1.29 is 35.9 Å². The molecule has 1 N–H and O–H groups in total. The van der Waals surface area contributed by atoms with Crippen LogP contribution in [-0.2, 0) is 17.1 Å². The van der Waals surface area contributed by atoms with Crippen molar-refractivity contribution in [3.05, 3.63) is 35.1 Å². The van der Waals surface area contributed by atoms with Gasteiger partial charge in [-0.2, -0.15) is 26.3 Å². The summed E-state index contributed by atoms with van der Waals surface area (Å²) >= 11 is 0.594. The summed E-state index contributed by atoms with van der Waals surface area (Å²) in [5, 5.41) is 2.73. The summed E-state index contributed by atoms with van der Waals surface area (Å²) in [5.74, 6) is -0.865. The van der Waals surface area contributed by atoms with Crippen molar-refractivity contribution >= 4 is 34.1 Å². The summed E-state index contributed by atoms with van der Waals surface area (Å²) in [7, 11) is 0. The van der Waals surface area contributed by atoms with Gasteiger partial charge in [0.05, 0.1) is 17.9 Å². The number of hydrogen-bond donors (Lipinski definition) is 1. The molecule has 3 heterocycles. The van der Waals surface area contributed by atoms with Gasteiger partial charge in [-0.05, 0) is 18.1 Å². The van der Waals surface area contributed by atoms with E-state index >= 15 is 0 Å². The van der Waals surface area contributed by atoms with Crippen LogP contribution < -0.4 is 10.2 Å². The fourth-order valence-electron chi connectivity index (χ4n) is 3.12. The quantitative estimate of drug-likeness (QED) is 0.639. The Labute approximate surface area is 182 Å². The van der Waals surface area contributed by atoms with Crippen molar-refractivity contribution in [3.8, 4) is 0 Å². The average Bonchev–Trinajstić information content (AvgIpc) is 3.27. The van der Waals surface area contributed by atoms with Gasteiger partial charge in [0.1, 0.15) is 12.2 Å². The molecule has 1 saturated heterocycles. The standard InChI is InChI=1S/C18H17F6N5O2S/c1-9(2)11-6-28(10-3-4-12(25-5-10)17(19,20)21)16(31)29(11)7-14(30)27-15-26-13(8-32-15)18(22,23)24/h3-5,8-9,11H,6-7H2,1-2H3,(H,26,27,30)/t11-/m1/s1. The minimum absolute atomic E-state index is 0.103. The second-order valence-electron chi connectivity index (χ2n) is 7.32. The van der Waals surface area contributed by atoms with E-state index in [-0.39, 0.29) is 23.3 Å². The van der Waals surface area contributed by atoms with Crippen LogP contribution in [0.1, 0.15) is 25.2 Å². The van der Waals surface area contributed by atoms with Gasteiger partial charge in [0.25, 0.3) is 0 Å². The third-order valence-electron chi connectivity index (χ3n) is 4.72. The van der Waals surface area contributed by atoms with Crippen LogP contribution in [0.2, 0.25) is 0 Å². The summed E-state index contributed by atoms with van der Waals surface area (Å²) in [6.07, 6.45) is -8.35. The lowest BCUT2D eigenvalue weighted by Gasteiger charge is -2.25. The number of urea groups is 1. The monoisotopic (exact) mass is 481 g/mol. The first-order chi connectivity index (χ1) is 14.8. The zero-order chi connectivity index (χ0) is 23.8. The highest BCUT2D eigenvalue weighted by atomic mass is 32.1. The minimum atomic E-state index is -4.65. The van der Waals surface area contributed by atoms with E-state index in [0.29, 0.717) is 11.3 Å². The van der Waals surface area contributed by atoms with E-state index in [4.69, 9.17) is 0 Å². The van der Waals surface area contributed by atoms with Gasteiger partial charge in [0, 0.05) is 11.9 Å². The topological polar surface area (TPSA) is 78.4 Å². The third kappa shape index (κ3) is 5.11. The van der Waals surface area contributed by atoms with Crippen LogP contribution >= 0.6 is 11.3 Å². The number of rotatable bonds is 5. The molecule has 7 nitrogen and oxygen atoms in total. The molecule has 2 aromatic rings. The van der Waals surface area contributed by atoms with Crippen molar-refractivity contribution in [1.29, 1.82) is 0 Å². The highest BCUT2D eigenvalue weighted by molar-refractivity contribution is 7.13. The van der Waals surface area contributed by atoms with E-state index in [9.17, 15) is 35.9 Å². The normalized spacial score (nSPS) is 17.4. The maximum absolute atomic E-state index is 12.9. The smallest absolute Gasteiger partial charge is 0.310 e. The summed E-state index contributed by atoms with van der Waals surface area (Å²) in [6.45, 7) is 3.24. The van der Waals surface area contributed by atoms with Gasteiger partial charge in [-0.15, -0.1) is 11.3 Å². The lowest BCUT2D eigenvalue weighted by atomic mass is 10.0. The number of thiazole rings is 1. The SMILES string of the molecule is CC(C)[C@H]1CN(c2ccc(C(F)(F)F)nc2)C(=O)N1CC(=O)Nc1nc(C(F)(F)F)cs1. The van der Waals surface area contributed by atoms with Gasteiger partial charge >= 0.3 is 18.4 Å². The number of alkyl halides is 6. The Kier molecular flexibility index (Phi) is 6.36. The summed E-state index contributed by atoms with van der Waals surface area (Å²) in [6, 6.07) is 0.777. The third-order valence-corrected chi connectivity index (χ3v) is 5.48. The molecule has 0 saturated carbocycles. The number of aromatic nitrogens is 2. The zero-order valence-corrected chi connectivity index (χ0v) is 17.5. The number of anilines is 2. The number of carbonyl (C=O) groups is 2. The number of hydrogen-bond acceptors (Lipinski definition) is 5. The van der Waals surface area contributed by atoms with Gasteiger partial charge in [0.2, 0.25) is 5.91 Å². The molecule has 0 aliphatic carbocycles. The molecule has 0 aromatic carbocycles. The molecule has 0 spiro atoms. The molecule has 0 bridgehead atoms. The molecule has 0 unspecified atom stereocenters. The first-order valence-corrected chi connectivity index (χ1v) is 10.1. The van der Waals surface area contributed by atoms with Crippen LogP contribution in [0.3, 0.4) is 0 Å². The Hall–Kier alpha value is -2.90. The maximum Gasteiger partial charge on any atom is 0.434 e. The van der Waals surface area contributed by atoms with Crippen LogP contribution in [-0.4, -0.2) is 45.9 Å². The summed E-state index contributed by atoms with van der Waals surface area (Å²) in [4.78, 5) is 34.3. The van der Waals surface area contributed by atoms with Gasteiger partial charge < -0.3 is 10.2 Å². The summed E-state index contributed by atoms with van der Waals surface area (Å²) < 4.78 is 76.2. The number of pyridine rings is 1. The summed E-state index contributed by atoms with van der Waals surface area (Å²) in [5.41, 5.74) is -2.12. The molecule has 3 rings (SSSR count). The van der Waals surface area contributed by atoms with Crippen LogP contribution in [0.5, 0.6) is 0 Å². The van der Waals surface area contributed by atoms with Crippen LogP contribution in [0.4, 0.5) is 42.0 Å². The predicted octanol–water partition coefficient (Wildman–Crippen LogP) is 4.48.